The number of amides is 13. The van der Waals surface area contributed by atoms with E-state index in [0.717, 1.165) is 0 Å². The maximum Gasteiger partial charge on any atom is 0.329 e. The van der Waals surface area contributed by atoms with Gasteiger partial charge in [0.15, 0.2) is 0 Å². The number of rotatable bonds is 36. The molecule has 1 unspecified atom stereocenters. The van der Waals surface area contributed by atoms with Crippen LogP contribution >= 0.6 is 0 Å². The standard InChI is InChI=1S/C77H126N14O18/c1-19-46(17)63(74(105)90-64-47(18)109-77(108)62(45(15)16)88-65(96)50(20-2)80-68(99)53(38-48-27-22-21-23-28-48)82-70(101)57(40(5)6)84-72(103)59(42(9)10)86-75(64)106)89-66(97)51(30-25-35-78)81-69(100)54-31-26-36-91(54)76(107)61(44(13)14)87-73(104)60(43(11)12)85-71(102)58(41(7)8)83-67(98)52(33-34-56(94)95)79-55(93)32-24-29-49(92)37-39(3)4/h20-23,27-28,39-47,49,51-54,57-64,92H,19,24-26,29-38,78H2,1-18H3,(H,79,93)(H,80,99)(H,81,100)(H,82,101)(H,83,98)(H,84,103)(H,85,102)(H,86,106)(H,87,104)(H,88,96)(H,89,97)(H,90,105)(H,94,95)/b50-20-/t46-,47+,49?,51-,52+,53-,54+,57-,58-,59-,60-,61-,62-,63+,64+/m0/s1. The van der Waals surface area contributed by atoms with Crippen molar-refractivity contribution in [3.8, 4) is 0 Å². The topological polar surface area (TPSA) is 479 Å². The summed E-state index contributed by atoms with van der Waals surface area (Å²) in [5.74, 6) is -17.1. The molecule has 1 aromatic rings. The van der Waals surface area contributed by atoms with E-state index in [9.17, 15) is 77.3 Å². The number of hydrogen-bond acceptors (Lipinski definition) is 18. The van der Waals surface area contributed by atoms with Crippen LogP contribution in [-0.4, -0.2) is 202 Å². The van der Waals surface area contributed by atoms with E-state index in [-0.39, 0.29) is 69.7 Å². The van der Waals surface area contributed by atoms with Crippen molar-refractivity contribution in [3.63, 3.8) is 0 Å². The number of nitrogens with one attached hydrogen (secondary N) is 12. The molecular formula is C77H126N14O18. The fraction of sp³-hybridized carbons (Fsp3) is 0.701. The third-order valence-corrected chi connectivity index (χ3v) is 19.4. The van der Waals surface area contributed by atoms with Crippen molar-refractivity contribution in [3.05, 3.63) is 47.7 Å². The van der Waals surface area contributed by atoms with E-state index in [1.165, 1.54) is 24.8 Å². The first-order valence-corrected chi connectivity index (χ1v) is 38.5. The van der Waals surface area contributed by atoms with Gasteiger partial charge >= 0.3 is 11.9 Å². The van der Waals surface area contributed by atoms with Crippen LogP contribution in [0.25, 0.3) is 0 Å². The summed E-state index contributed by atoms with van der Waals surface area (Å²) in [7, 11) is 0. The number of allylic oxidation sites excluding steroid dienone is 1. The van der Waals surface area contributed by atoms with Crippen LogP contribution in [0.1, 0.15) is 201 Å². The monoisotopic (exact) mass is 1530 g/mol. The number of carboxylic acid groups (broad SMARTS) is 1. The minimum absolute atomic E-state index is 0.0421. The third-order valence-electron chi connectivity index (χ3n) is 19.4. The first-order chi connectivity index (χ1) is 51.1. The summed E-state index contributed by atoms with van der Waals surface area (Å²) in [5, 5.41) is 52.0. The Kier molecular flexibility index (Phi) is 39.6. The molecule has 1 aromatic carbocycles. The smallest absolute Gasteiger partial charge is 0.329 e. The molecule has 2 saturated heterocycles. The Balaban J connectivity index is 1.97. The predicted octanol–water partition coefficient (Wildman–Crippen LogP) is 1.68. The normalized spacial score (nSPS) is 21.9. The summed E-state index contributed by atoms with van der Waals surface area (Å²) in [6.07, 6.45) is 0.160. The van der Waals surface area contributed by atoms with Crippen molar-refractivity contribution in [2.75, 3.05) is 13.1 Å². The summed E-state index contributed by atoms with van der Waals surface area (Å²) >= 11 is 0. The van der Waals surface area contributed by atoms with Gasteiger partial charge in [0.2, 0.25) is 70.9 Å². The lowest BCUT2D eigenvalue weighted by molar-refractivity contribution is -0.157. The van der Waals surface area contributed by atoms with Gasteiger partial charge in [0, 0.05) is 25.8 Å². The highest BCUT2D eigenvalue weighted by Crippen LogP contribution is 2.23. The van der Waals surface area contributed by atoms with E-state index in [2.05, 4.69) is 63.8 Å². The second-order valence-corrected chi connectivity index (χ2v) is 31.2. The largest absolute Gasteiger partial charge is 0.481 e. The molecule has 0 saturated carbocycles. The Morgan fingerprint density at radius 2 is 1.13 bits per heavy atom. The predicted molar refractivity (Wildman–Crippen MR) is 407 cm³/mol. The minimum atomic E-state index is -1.84. The van der Waals surface area contributed by atoms with Gasteiger partial charge in [0.1, 0.15) is 84.3 Å². The number of aliphatic carboxylic acids is 1. The number of carbonyl (C=O) groups is 15. The fourth-order valence-electron chi connectivity index (χ4n) is 12.6. The molecule has 0 spiro atoms. The van der Waals surface area contributed by atoms with Crippen molar-refractivity contribution < 1.29 is 86.9 Å². The van der Waals surface area contributed by atoms with Crippen LogP contribution in [0.5, 0.6) is 0 Å². The van der Waals surface area contributed by atoms with Gasteiger partial charge in [-0.3, -0.25) is 67.1 Å². The molecule has 0 bridgehead atoms. The molecule has 13 amide bonds. The number of cyclic esters (lactones) is 1. The van der Waals surface area contributed by atoms with Crippen LogP contribution in [0.3, 0.4) is 0 Å². The van der Waals surface area contributed by atoms with Crippen LogP contribution in [0.2, 0.25) is 0 Å². The molecule has 15 atom stereocenters. The molecule has 32 nitrogen and oxygen atoms in total. The number of carboxylic acids is 1. The quantitative estimate of drug-likeness (QED) is 0.0336. The maximum absolute atomic E-state index is 15.0. The zero-order valence-electron chi connectivity index (χ0n) is 67.0. The van der Waals surface area contributed by atoms with E-state index in [1.54, 1.807) is 127 Å². The lowest BCUT2D eigenvalue weighted by atomic mass is 9.96. The van der Waals surface area contributed by atoms with E-state index < -0.39 is 221 Å². The lowest BCUT2D eigenvalue weighted by Gasteiger charge is -2.33. The molecule has 612 valence electrons. The minimum Gasteiger partial charge on any atom is -0.481 e. The Labute approximate surface area is 641 Å². The Hall–Kier alpha value is -9.07. The van der Waals surface area contributed by atoms with Gasteiger partial charge in [-0.05, 0) is 125 Å². The fourth-order valence-corrected chi connectivity index (χ4v) is 12.6. The number of nitrogens with two attached hydrogens (primary N) is 1. The molecule has 32 heteroatoms. The summed E-state index contributed by atoms with van der Waals surface area (Å²) in [6, 6.07) is -7.84. The highest BCUT2D eigenvalue weighted by atomic mass is 16.5. The van der Waals surface area contributed by atoms with Gasteiger partial charge in [-0.2, -0.15) is 0 Å². The van der Waals surface area contributed by atoms with Gasteiger partial charge in [0.25, 0.3) is 5.91 Å². The van der Waals surface area contributed by atoms with Crippen molar-refractivity contribution >= 4 is 88.7 Å². The molecule has 0 aliphatic carbocycles. The maximum atomic E-state index is 15.0. The zero-order chi connectivity index (χ0) is 82.4. The molecule has 0 radical (unpaired) electrons. The lowest BCUT2D eigenvalue weighted by Crippen LogP contribution is -2.64. The van der Waals surface area contributed by atoms with Gasteiger partial charge in [-0.1, -0.05) is 154 Å². The van der Waals surface area contributed by atoms with Crippen molar-refractivity contribution in [2.24, 2.45) is 53.1 Å². The molecule has 2 aliphatic heterocycles. The van der Waals surface area contributed by atoms with Crippen molar-refractivity contribution in [2.45, 2.75) is 286 Å². The SMILES string of the molecule is C/C=C1\NC(=O)[C@H](Cc2ccccc2)NC(=O)[C@H](C(C)C)NC(=O)[C@H](C(C)C)NC(=O)[C@H](NC(=O)[C@H](NC(=O)[C@H](CCCN)NC(=O)[C@H]2CCCN2C(=O)[C@@H](NC(=O)[C@@H](NC(=O)[C@@H](NC(=O)[C@@H](CCC(=O)O)NC(=O)CCCC(O)CC(C)C)C(C)C)C(C)C)C(C)C)[C@@H](C)CC)[C@@H](C)OC(=O)[C@H](C(C)C)NC1=O. The van der Waals surface area contributed by atoms with Crippen LogP contribution in [-0.2, 0) is 83.1 Å². The number of hydrogen-bond donors (Lipinski definition) is 15. The Morgan fingerprint density at radius 1 is 0.606 bits per heavy atom. The zero-order valence-corrected chi connectivity index (χ0v) is 67.0. The van der Waals surface area contributed by atoms with E-state index in [1.807, 2.05) is 13.8 Å². The second kappa shape index (κ2) is 45.8. The van der Waals surface area contributed by atoms with Crippen LogP contribution in [0.15, 0.2) is 42.1 Å². The number of ether oxygens (including phenoxy) is 1. The Bertz CT molecular complexity index is 3310. The molecule has 2 fully saturated rings. The highest BCUT2D eigenvalue weighted by molar-refractivity contribution is 6.03. The van der Waals surface area contributed by atoms with E-state index in [4.69, 9.17) is 10.5 Å². The van der Waals surface area contributed by atoms with Gasteiger partial charge in [0.05, 0.1) is 6.10 Å². The third kappa shape index (κ3) is 30.0. The molecule has 2 aliphatic rings. The first-order valence-electron chi connectivity index (χ1n) is 38.5. The number of nitrogens with zero attached hydrogens (tertiary/aromatic N) is 1. The number of benzene rings is 1. The average molecular weight is 1540 g/mol. The molecule has 2 heterocycles. The summed E-state index contributed by atoms with van der Waals surface area (Å²) in [6.45, 7) is 29.8. The number of aliphatic hydroxyl groups is 1. The van der Waals surface area contributed by atoms with Crippen molar-refractivity contribution in [1.82, 2.24) is 68.7 Å². The van der Waals surface area contributed by atoms with Crippen LogP contribution in [0.4, 0.5) is 0 Å². The van der Waals surface area contributed by atoms with Gasteiger partial charge in [-0.15, -0.1) is 0 Å². The van der Waals surface area contributed by atoms with Crippen molar-refractivity contribution in [1.29, 1.82) is 0 Å². The summed E-state index contributed by atoms with van der Waals surface area (Å²) < 4.78 is 5.94. The van der Waals surface area contributed by atoms with Gasteiger partial charge < -0.3 is 89.4 Å². The summed E-state index contributed by atoms with van der Waals surface area (Å²) in [4.78, 5) is 214. The molecule has 3 rings (SSSR count). The van der Waals surface area contributed by atoms with Crippen LogP contribution < -0.4 is 69.5 Å². The average Bonchev–Trinajstić information content (AvgIpc) is 1.79. The van der Waals surface area contributed by atoms with E-state index in [0.29, 0.717) is 31.2 Å². The second-order valence-electron chi connectivity index (χ2n) is 31.2. The number of likely N-dealkylation sites (tertiary alicyclic amines) is 1. The molecule has 0 aromatic heterocycles. The number of esters is 1. The molecule has 16 N–H and O–H groups in total. The highest BCUT2D eigenvalue weighted by Gasteiger charge is 2.44. The number of carbonyl (C=O) groups excluding carboxylic acids is 14. The van der Waals surface area contributed by atoms with Crippen LogP contribution in [0, 0.1) is 47.3 Å². The molecule has 109 heavy (non-hydrogen) atoms. The molecular weight excluding hydrogens is 1410 g/mol. The first kappa shape index (κ1) is 94.1. The Morgan fingerprint density at radius 3 is 1.64 bits per heavy atom. The number of aliphatic hydroxyl groups excluding tert-OH is 1. The van der Waals surface area contributed by atoms with Gasteiger partial charge in [-0.25, -0.2) is 4.79 Å². The summed E-state index contributed by atoms with van der Waals surface area (Å²) in [5.41, 5.74) is 6.32. The van der Waals surface area contributed by atoms with E-state index >= 15 is 4.79 Å².